The molecule has 1 aliphatic rings. The second kappa shape index (κ2) is 5.71. The molecule has 0 radical (unpaired) electrons. The molecule has 0 aromatic carbocycles. The van der Waals surface area contributed by atoms with Crippen LogP contribution in [-0.2, 0) is 0 Å². The van der Waals surface area contributed by atoms with E-state index in [0.717, 1.165) is 0 Å². The fourth-order valence-corrected chi connectivity index (χ4v) is 3.53. The number of rotatable bonds is 5. The minimum atomic E-state index is 0.254. The van der Waals surface area contributed by atoms with Gasteiger partial charge in [-0.3, -0.25) is 0 Å². The van der Waals surface area contributed by atoms with Crippen LogP contribution < -0.4 is 10.6 Å². The Morgan fingerprint density at radius 2 is 1.65 bits per heavy atom. The lowest BCUT2D eigenvalue weighted by Crippen LogP contribution is -2.62. The van der Waals surface area contributed by atoms with Crippen LogP contribution in [0.1, 0.15) is 73.6 Å². The lowest BCUT2D eigenvalue weighted by atomic mass is 9.79. The highest BCUT2D eigenvalue weighted by molar-refractivity contribution is 5.00. The van der Waals surface area contributed by atoms with Crippen LogP contribution in [0, 0.1) is 0 Å². The van der Waals surface area contributed by atoms with Crippen molar-refractivity contribution in [1.82, 2.24) is 10.6 Å². The van der Waals surface area contributed by atoms with E-state index in [1.165, 1.54) is 32.1 Å². The summed E-state index contributed by atoms with van der Waals surface area (Å²) in [5.41, 5.74) is 0.508. The predicted octanol–water partition coefficient (Wildman–Crippen LogP) is 3.46. The van der Waals surface area contributed by atoms with Gasteiger partial charge in [0.2, 0.25) is 0 Å². The quantitative estimate of drug-likeness (QED) is 0.769. The highest BCUT2D eigenvalue weighted by Gasteiger charge is 2.37. The van der Waals surface area contributed by atoms with Crippen molar-refractivity contribution in [1.29, 1.82) is 0 Å². The molecule has 0 aromatic heterocycles. The third kappa shape index (κ3) is 4.97. The lowest BCUT2D eigenvalue weighted by Gasteiger charge is -2.47. The molecule has 0 aromatic rings. The molecule has 1 rings (SSSR count). The van der Waals surface area contributed by atoms with Gasteiger partial charge in [-0.25, -0.2) is 0 Å². The normalized spacial score (nSPS) is 25.8. The molecule has 102 valence electrons. The maximum Gasteiger partial charge on any atom is 0.0144 e. The van der Waals surface area contributed by atoms with Crippen molar-refractivity contribution in [2.75, 3.05) is 0 Å². The number of nitrogens with one attached hydrogen (secondary N) is 2. The van der Waals surface area contributed by atoms with E-state index in [1.807, 2.05) is 0 Å². The molecule has 1 atom stereocenters. The number of piperidine rings is 1. The summed E-state index contributed by atoms with van der Waals surface area (Å²) in [6, 6.07) is 1.37. The first kappa shape index (κ1) is 15.0. The van der Waals surface area contributed by atoms with Crippen LogP contribution in [0.3, 0.4) is 0 Å². The van der Waals surface area contributed by atoms with Crippen molar-refractivity contribution in [3.8, 4) is 0 Å². The Kier molecular flexibility index (Phi) is 5.03. The number of hydrogen-bond acceptors (Lipinski definition) is 2. The first-order valence-electron chi connectivity index (χ1n) is 7.33. The third-order valence-corrected chi connectivity index (χ3v) is 3.79. The van der Waals surface area contributed by atoms with E-state index in [2.05, 4.69) is 52.2 Å². The van der Waals surface area contributed by atoms with E-state index in [0.29, 0.717) is 12.1 Å². The van der Waals surface area contributed by atoms with E-state index in [4.69, 9.17) is 0 Å². The van der Waals surface area contributed by atoms with Gasteiger partial charge in [-0.15, -0.1) is 0 Å². The fraction of sp³-hybridized carbons (Fsp3) is 1.00. The van der Waals surface area contributed by atoms with Crippen LogP contribution >= 0.6 is 0 Å². The zero-order chi connectivity index (χ0) is 13.1. The van der Waals surface area contributed by atoms with Crippen LogP contribution in [-0.4, -0.2) is 23.2 Å². The van der Waals surface area contributed by atoms with E-state index < -0.39 is 0 Å². The van der Waals surface area contributed by atoms with Gasteiger partial charge in [-0.2, -0.15) is 0 Å². The summed E-state index contributed by atoms with van der Waals surface area (Å²) in [4.78, 5) is 0. The van der Waals surface area contributed by atoms with Crippen LogP contribution in [0.4, 0.5) is 0 Å². The van der Waals surface area contributed by atoms with Crippen LogP contribution in [0.15, 0.2) is 0 Å². The first-order valence-corrected chi connectivity index (χ1v) is 7.33. The van der Waals surface area contributed by atoms with Crippen molar-refractivity contribution < 1.29 is 0 Å². The maximum absolute atomic E-state index is 3.88. The molecule has 1 unspecified atom stereocenters. The summed E-state index contributed by atoms with van der Waals surface area (Å²) in [7, 11) is 0. The van der Waals surface area contributed by atoms with Gasteiger partial charge in [0.1, 0.15) is 0 Å². The molecule has 0 bridgehead atoms. The van der Waals surface area contributed by atoms with Gasteiger partial charge >= 0.3 is 0 Å². The topological polar surface area (TPSA) is 24.1 Å². The van der Waals surface area contributed by atoms with Crippen LogP contribution in [0.25, 0.3) is 0 Å². The van der Waals surface area contributed by atoms with Gasteiger partial charge in [-0.1, -0.05) is 20.3 Å². The van der Waals surface area contributed by atoms with Crippen molar-refractivity contribution >= 4 is 0 Å². The molecular weight excluding hydrogens is 208 g/mol. The Balaban J connectivity index is 2.58. The molecule has 2 N–H and O–H groups in total. The van der Waals surface area contributed by atoms with E-state index in [9.17, 15) is 0 Å². The largest absolute Gasteiger partial charge is 0.311 e. The van der Waals surface area contributed by atoms with E-state index >= 15 is 0 Å². The summed E-state index contributed by atoms with van der Waals surface area (Å²) in [6.07, 6.45) is 6.30. The summed E-state index contributed by atoms with van der Waals surface area (Å²) in [6.45, 7) is 13.9. The molecule has 0 amide bonds. The molecule has 1 aliphatic heterocycles. The van der Waals surface area contributed by atoms with Crippen LogP contribution in [0.2, 0.25) is 0 Å². The summed E-state index contributed by atoms with van der Waals surface area (Å²) in [5, 5.41) is 7.62. The molecule has 0 spiro atoms. The van der Waals surface area contributed by atoms with Crippen molar-refractivity contribution in [2.24, 2.45) is 0 Å². The van der Waals surface area contributed by atoms with Gasteiger partial charge in [-0.05, 0) is 53.4 Å². The molecule has 2 nitrogen and oxygen atoms in total. The second-order valence-electron chi connectivity index (χ2n) is 7.06. The van der Waals surface area contributed by atoms with Gasteiger partial charge in [0.05, 0.1) is 0 Å². The zero-order valence-electron chi connectivity index (χ0n) is 12.7. The molecule has 0 saturated carbocycles. The first-order chi connectivity index (χ1) is 7.78. The minimum absolute atomic E-state index is 0.254. The third-order valence-electron chi connectivity index (χ3n) is 3.79. The second-order valence-corrected chi connectivity index (χ2v) is 7.06. The van der Waals surface area contributed by atoms with E-state index in [-0.39, 0.29) is 11.1 Å². The summed E-state index contributed by atoms with van der Waals surface area (Å²) in [5.74, 6) is 0. The monoisotopic (exact) mass is 240 g/mol. The Morgan fingerprint density at radius 1 is 1.12 bits per heavy atom. The molecule has 0 aliphatic carbocycles. The molecule has 1 saturated heterocycles. The predicted molar refractivity (Wildman–Crippen MR) is 76.4 cm³/mol. The highest BCUT2D eigenvalue weighted by atomic mass is 15.1. The SMILES string of the molecule is CCCC(CC)NC1CC(C)(C)NC(C)(C)C1. The summed E-state index contributed by atoms with van der Waals surface area (Å²) >= 11 is 0. The van der Waals surface area contributed by atoms with Gasteiger partial charge in [0.25, 0.3) is 0 Å². The molecule has 2 heteroatoms. The molecule has 1 fully saturated rings. The van der Waals surface area contributed by atoms with Gasteiger partial charge in [0.15, 0.2) is 0 Å². The van der Waals surface area contributed by atoms with Crippen molar-refractivity contribution in [3.63, 3.8) is 0 Å². The fourth-order valence-electron chi connectivity index (χ4n) is 3.53. The molecule has 17 heavy (non-hydrogen) atoms. The minimum Gasteiger partial charge on any atom is -0.311 e. The van der Waals surface area contributed by atoms with Crippen LogP contribution in [0.5, 0.6) is 0 Å². The molecular formula is C15H32N2. The number of hydrogen-bond donors (Lipinski definition) is 2. The zero-order valence-corrected chi connectivity index (χ0v) is 12.7. The summed E-state index contributed by atoms with van der Waals surface area (Å²) < 4.78 is 0. The standard InChI is InChI=1S/C15H32N2/c1-7-9-12(8-2)16-13-10-14(3,4)17-15(5,6)11-13/h12-13,16-17H,7-11H2,1-6H3. The molecule has 1 heterocycles. The van der Waals surface area contributed by atoms with Gasteiger partial charge in [0, 0.05) is 23.2 Å². The Bertz CT molecular complexity index is 217. The van der Waals surface area contributed by atoms with Crippen molar-refractivity contribution in [3.05, 3.63) is 0 Å². The smallest absolute Gasteiger partial charge is 0.0144 e. The maximum atomic E-state index is 3.88. The Labute approximate surface area is 108 Å². The Morgan fingerprint density at radius 3 is 2.06 bits per heavy atom. The average molecular weight is 240 g/mol. The highest BCUT2D eigenvalue weighted by Crippen LogP contribution is 2.29. The van der Waals surface area contributed by atoms with E-state index in [1.54, 1.807) is 0 Å². The average Bonchev–Trinajstić information content (AvgIpc) is 2.11. The van der Waals surface area contributed by atoms with Crippen molar-refractivity contribution in [2.45, 2.75) is 96.8 Å². The van der Waals surface area contributed by atoms with Gasteiger partial charge < -0.3 is 10.6 Å². The Hall–Kier alpha value is -0.0800. The lowest BCUT2D eigenvalue weighted by molar-refractivity contribution is 0.138.